The number of thiazole rings is 1. The van der Waals surface area contributed by atoms with E-state index in [0.29, 0.717) is 5.13 Å². The normalized spacial score (nSPS) is 17.7. The van der Waals surface area contributed by atoms with Crippen molar-refractivity contribution in [3.63, 3.8) is 0 Å². The molecule has 1 saturated heterocycles. The van der Waals surface area contributed by atoms with Crippen LogP contribution < -0.4 is 16.0 Å². The van der Waals surface area contributed by atoms with Gasteiger partial charge in [-0.25, -0.2) is 9.78 Å². The number of benzene rings is 1. The van der Waals surface area contributed by atoms with E-state index in [1.54, 1.807) is 6.92 Å². The van der Waals surface area contributed by atoms with E-state index in [-0.39, 0.29) is 18.6 Å². The molecule has 8 heteroatoms. The Bertz CT molecular complexity index is 765. The van der Waals surface area contributed by atoms with Crippen LogP contribution in [-0.4, -0.2) is 30.1 Å². The van der Waals surface area contributed by atoms with Crippen molar-refractivity contribution >= 4 is 34.2 Å². The molecule has 1 unspecified atom stereocenters. The van der Waals surface area contributed by atoms with Crippen molar-refractivity contribution in [1.29, 1.82) is 0 Å². The molecular weight excluding hydrogens is 352 g/mol. The minimum Gasteiger partial charge on any atom is -0.449 e. The molecule has 0 bridgehead atoms. The number of anilines is 2. The summed E-state index contributed by atoms with van der Waals surface area (Å²) in [6.07, 6.45) is 1.26. The lowest BCUT2D eigenvalue weighted by Crippen LogP contribution is -2.27. The maximum atomic E-state index is 12.2. The van der Waals surface area contributed by atoms with E-state index in [1.165, 1.54) is 17.0 Å². The molecule has 2 atom stereocenters. The van der Waals surface area contributed by atoms with Crippen molar-refractivity contribution in [2.75, 3.05) is 23.4 Å². The number of ether oxygens (including phenoxy) is 1. The predicted molar refractivity (Wildman–Crippen MR) is 101 cm³/mol. The van der Waals surface area contributed by atoms with E-state index in [4.69, 9.17) is 5.73 Å². The van der Waals surface area contributed by atoms with Crippen LogP contribution in [0.25, 0.3) is 0 Å². The molecule has 3 rings (SSSR count). The van der Waals surface area contributed by atoms with Crippen LogP contribution in [-0.2, 0) is 9.53 Å². The van der Waals surface area contributed by atoms with E-state index in [9.17, 15) is 9.59 Å². The van der Waals surface area contributed by atoms with Gasteiger partial charge in [-0.2, -0.15) is 0 Å². The fourth-order valence-corrected chi connectivity index (χ4v) is 3.77. The predicted octanol–water partition coefficient (Wildman–Crippen LogP) is 3.15. The molecule has 1 fully saturated rings. The van der Waals surface area contributed by atoms with Crippen molar-refractivity contribution in [3.05, 3.63) is 41.4 Å². The number of rotatable bonds is 6. The highest BCUT2D eigenvalue weighted by atomic mass is 32.1. The maximum absolute atomic E-state index is 12.2. The van der Waals surface area contributed by atoms with Crippen LogP contribution in [0.3, 0.4) is 0 Å². The number of para-hydroxylation sites is 1. The van der Waals surface area contributed by atoms with Gasteiger partial charge in [0.1, 0.15) is 6.61 Å². The molecule has 1 aromatic carbocycles. The number of nitrogens with one attached hydrogen (secondary N) is 1. The third-order valence-electron chi connectivity index (χ3n) is 4.36. The Hall–Kier alpha value is -2.61. The van der Waals surface area contributed by atoms with Crippen LogP contribution in [0.15, 0.2) is 35.7 Å². The first-order valence-corrected chi connectivity index (χ1v) is 9.43. The zero-order valence-electron chi connectivity index (χ0n) is 14.6. The van der Waals surface area contributed by atoms with Crippen LogP contribution in [0.1, 0.15) is 31.5 Å². The molecule has 2 heterocycles. The summed E-state index contributed by atoms with van der Waals surface area (Å²) in [7, 11) is 0. The molecule has 0 radical (unpaired) electrons. The summed E-state index contributed by atoms with van der Waals surface area (Å²) in [6.45, 7) is 2.61. The lowest BCUT2D eigenvalue weighted by atomic mass is 10.1. The minimum atomic E-state index is -0.886. The third kappa shape index (κ3) is 4.32. The van der Waals surface area contributed by atoms with Crippen molar-refractivity contribution < 1.29 is 14.3 Å². The quantitative estimate of drug-likeness (QED) is 0.809. The molecule has 26 heavy (non-hydrogen) atoms. The average molecular weight is 374 g/mol. The van der Waals surface area contributed by atoms with Crippen molar-refractivity contribution in [2.24, 2.45) is 11.7 Å². The van der Waals surface area contributed by atoms with Gasteiger partial charge < -0.3 is 20.7 Å². The first-order chi connectivity index (χ1) is 12.5. The van der Waals surface area contributed by atoms with E-state index in [2.05, 4.69) is 32.1 Å². The van der Waals surface area contributed by atoms with Gasteiger partial charge in [0, 0.05) is 17.6 Å². The molecule has 1 aliphatic heterocycles. The summed E-state index contributed by atoms with van der Waals surface area (Å²) >= 11 is 1.40. The number of primary amides is 1. The monoisotopic (exact) mass is 374 g/mol. The van der Waals surface area contributed by atoms with Gasteiger partial charge in [0.25, 0.3) is 0 Å². The summed E-state index contributed by atoms with van der Waals surface area (Å²) in [5, 5.41) is 5.33. The first kappa shape index (κ1) is 18.2. The number of aromatic nitrogens is 1. The van der Waals surface area contributed by atoms with Crippen LogP contribution in [0.4, 0.5) is 15.6 Å². The summed E-state index contributed by atoms with van der Waals surface area (Å²) < 4.78 is 4.67. The van der Waals surface area contributed by atoms with Gasteiger partial charge >= 0.3 is 6.09 Å². The van der Waals surface area contributed by atoms with Crippen molar-refractivity contribution in [3.8, 4) is 0 Å². The highest BCUT2D eigenvalue weighted by molar-refractivity contribution is 7.13. The fraction of sp³-hybridized carbons (Fsp3) is 0.389. The highest BCUT2D eigenvalue weighted by Gasteiger charge is 2.28. The van der Waals surface area contributed by atoms with Crippen molar-refractivity contribution in [2.45, 2.75) is 25.8 Å². The smallest absolute Gasteiger partial charge is 0.404 e. The summed E-state index contributed by atoms with van der Waals surface area (Å²) in [5.41, 5.74) is 7.07. The SMILES string of the molecule is CC(COC(N)=O)C(=O)Nc1nc([C@H]2CCCN2c2ccccc2)cs1. The minimum absolute atomic E-state index is 0.0518. The second kappa shape index (κ2) is 8.18. The van der Waals surface area contributed by atoms with Crippen LogP contribution in [0.5, 0.6) is 0 Å². The number of carbonyl (C=O) groups excluding carboxylic acids is 2. The second-order valence-electron chi connectivity index (χ2n) is 6.28. The number of nitrogens with zero attached hydrogens (tertiary/aromatic N) is 2. The van der Waals surface area contributed by atoms with Gasteiger partial charge in [-0.3, -0.25) is 4.79 Å². The number of nitrogens with two attached hydrogens (primary N) is 1. The molecular formula is C18H22N4O3S. The molecule has 1 aliphatic rings. The Balaban J connectivity index is 1.64. The molecule has 1 aromatic heterocycles. The molecule has 2 amide bonds. The standard InChI is InChI=1S/C18H22N4O3S/c1-12(10-25-17(19)24)16(23)21-18-20-14(11-26-18)15-8-5-9-22(15)13-6-3-2-4-7-13/h2-4,6-7,11-12,15H,5,8-10H2,1H3,(H2,19,24)(H,20,21,23)/t12?,15-/m1/s1. The molecule has 0 saturated carbocycles. The first-order valence-electron chi connectivity index (χ1n) is 8.55. The van der Waals surface area contributed by atoms with E-state index < -0.39 is 12.0 Å². The van der Waals surface area contributed by atoms with Crippen LogP contribution in [0, 0.1) is 5.92 Å². The summed E-state index contributed by atoms with van der Waals surface area (Å²) in [5.74, 6) is -0.749. The number of carbonyl (C=O) groups is 2. The average Bonchev–Trinajstić information content (AvgIpc) is 3.29. The van der Waals surface area contributed by atoms with Crippen LogP contribution >= 0.6 is 11.3 Å². The fourth-order valence-electron chi connectivity index (χ4n) is 3.01. The Morgan fingerprint density at radius 1 is 1.42 bits per heavy atom. The van der Waals surface area contributed by atoms with E-state index >= 15 is 0 Å². The zero-order valence-corrected chi connectivity index (χ0v) is 15.4. The summed E-state index contributed by atoms with van der Waals surface area (Å²) in [4.78, 5) is 29.7. The lowest BCUT2D eigenvalue weighted by molar-refractivity contribution is -0.120. The Kier molecular flexibility index (Phi) is 5.72. The Morgan fingerprint density at radius 2 is 2.19 bits per heavy atom. The summed E-state index contributed by atoms with van der Waals surface area (Å²) in [6, 6.07) is 10.5. The third-order valence-corrected chi connectivity index (χ3v) is 5.13. The van der Waals surface area contributed by atoms with Gasteiger partial charge in [0.2, 0.25) is 5.91 Å². The largest absolute Gasteiger partial charge is 0.449 e. The molecule has 0 aliphatic carbocycles. The zero-order chi connectivity index (χ0) is 18.5. The topological polar surface area (TPSA) is 97.5 Å². The van der Waals surface area contributed by atoms with Gasteiger partial charge in [-0.15, -0.1) is 11.3 Å². The van der Waals surface area contributed by atoms with Gasteiger partial charge in [-0.05, 0) is 25.0 Å². The Labute approximate surface area is 156 Å². The number of hydrogen-bond acceptors (Lipinski definition) is 6. The van der Waals surface area contributed by atoms with Gasteiger partial charge in [0.15, 0.2) is 5.13 Å². The second-order valence-corrected chi connectivity index (χ2v) is 7.14. The van der Waals surface area contributed by atoms with Crippen molar-refractivity contribution in [1.82, 2.24) is 4.98 Å². The van der Waals surface area contributed by atoms with E-state index in [0.717, 1.165) is 25.1 Å². The number of amides is 2. The molecule has 3 N–H and O–H groups in total. The van der Waals surface area contributed by atoms with E-state index in [1.807, 2.05) is 23.6 Å². The van der Waals surface area contributed by atoms with Gasteiger partial charge in [0.05, 0.1) is 17.7 Å². The lowest BCUT2D eigenvalue weighted by Gasteiger charge is -2.25. The highest BCUT2D eigenvalue weighted by Crippen LogP contribution is 2.37. The molecule has 138 valence electrons. The number of hydrogen-bond donors (Lipinski definition) is 2. The molecule has 7 nitrogen and oxygen atoms in total. The molecule has 2 aromatic rings. The van der Waals surface area contributed by atoms with Crippen LogP contribution in [0.2, 0.25) is 0 Å². The molecule has 0 spiro atoms. The Morgan fingerprint density at radius 3 is 2.92 bits per heavy atom. The van der Waals surface area contributed by atoms with Gasteiger partial charge in [-0.1, -0.05) is 25.1 Å². The maximum Gasteiger partial charge on any atom is 0.404 e.